The van der Waals surface area contributed by atoms with Gasteiger partial charge in [0.15, 0.2) is 5.69 Å². The summed E-state index contributed by atoms with van der Waals surface area (Å²) in [5.74, 6) is -0.0959. The molecule has 30 heavy (non-hydrogen) atoms. The minimum atomic E-state index is -0.199. The SMILES string of the molecule is CCCCN1[C@@H]2COC[C@H]1CC(NC(=O)c1nn(C(C)CC)c3cccc(O)c13)C2. The molecule has 164 valence electrons. The highest BCUT2D eigenvalue weighted by Gasteiger charge is 2.39. The number of aromatic nitrogens is 2. The van der Waals surface area contributed by atoms with E-state index in [0.717, 1.165) is 44.5 Å². The zero-order chi connectivity index (χ0) is 21.3. The van der Waals surface area contributed by atoms with Crippen LogP contribution in [0.1, 0.15) is 69.4 Å². The van der Waals surface area contributed by atoms with Crippen molar-refractivity contribution in [2.75, 3.05) is 19.8 Å². The second-order valence-electron chi connectivity index (χ2n) is 8.80. The Bertz CT molecular complexity index is 882. The van der Waals surface area contributed by atoms with Crippen LogP contribution in [0.15, 0.2) is 18.2 Å². The Hall–Kier alpha value is -2.12. The molecule has 2 bridgehead atoms. The first-order chi connectivity index (χ1) is 14.5. The zero-order valence-corrected chi connectivity index (χ0v) is 18.3. The van der Waals surface area contributed by atoms with Crippen molar-refractivity contribution in [3.8, 4) is 5.75 Å². The first-order valence-corrected chi connectivity index (χ1v) is 11.4. The number of fused-ring (bicyclic) bond motifs is 3. The first-order valence-electron chi connectivity index (χ1n) is 11.4. The van der Waals surface area contributed by atoms with Gasteiger partial charge in [-0.3, -0.25) is 14.4 Å². The van der Waals surface area contributed by atoms with Crippen molar-refractivity contribution in [1.82, 2.24) is 20.0 Å². The van der Waals surface area contributed by atoms with Gasteiger partial charge < -0.3 is 15.2 Å². The van der Waals surface area contributed by atoms with Gasteiger partial charge in [0.2, 0.25) is 0 Å². The average Bonchev–Trinajstić information content (AvgIpc) is 3.13. The number of phenols is 1. The molecule has 0 spiro atoms. The monoisotopic (exact) mass is 414 g/mol. The maximum absolute atomic E-state index is 13.2. The number of piperidine rings is 1. The number of phenolic OH excluding ortho intramolecular Hbond substituents is 1. The molecule has 2 aliphatic rings. The van der Waals surface area contributed by atoms with E-state index in [2.05, 4.69) is 36.1 Å². The van der Waals surface area contributed by atoms with Crippen LogP contribution in [0.3, 0.4) is 0 Å². The van der Waals surface area contributed by atoms with Crippen LogP contribution >= 0.6 is 0 Å². The largest absolute Gasteiger partial charge is 0.507 e. The fourth-order valence-corrected chi connectivity index (χ4v) is 4.91. The van der Waals surface area contributed by atoms with Gasteiger partial charge in [0.05, 0.1) is 24.1 Å². The molecule has 7 nitrogen and oxygen atoms in total. The molecule has 1 aromatic heterocycles. The molecular weight excluding hydrogens is 380 g/mol. The minimum Gasteiger partial charge on any atom is -0.507 e. The maximum atomic E-state index is 13.2. The molecule has 0 saturated carbocycles. The highest BCUT2D eigenvalue weighted by atomic mass is 16.5. The van der Waals surface area contributed by atoms with Gasteiger partial charge in [-0.2, -0.15) is 5.10 Å². The molecule has 0 aliphatic carbocycles. The molecule has 2 saturated heterocycles. The van der Waals surface area contributed by atoms with Crippen molar-refractivity contribution in [2.24, 2.45) is 0 Å². The number of ether oxygens (including phenoxy) is 1. The molecule has 4 rings (SSSR count). The van der Waals surface area contributed by atoms with Crippen LogP contribution in [0, 0.1) is 0 Å². The number of hydrogen-bond acceptors (Lipinski definition) is 5. The Labute approximate surface area is 178 Å². The van der Waals surface area contributed by atoms with E-state index in [4.69, 9.17) is 4.74 Å². The lowest BCUT2D eigenvalue weighted by atomic mass is 9.89. The molecule has 2 fully saturated rings. The molecule has 2 unspecified atom stereocenters. The van der Waals surface area contributed by atoms with Gasteiger partial charge >= 0.3 is 0 Å². The molecule has 3 heterocycles. The van der Waals surface area contributed by atoms with E-state index in [1.54, 1.807) is 12.1 Å². The summed E-state index contributed by atoms with van der Waals surface area (Å²) in [6.45, 7) is 8.96. The van der Waals surface area contributed by atoms with Crippen LogP contribution in [0.5, 0.6) is 5.75 Å². The fourth-order valence-electron chi connectivity index (χ4n) is 4.91. The van der Waals surface area contributed by atoms with E-state index in [9.17, 15) is 9.90 Å². The molecule has 1 aromatic carbocycles. The van der Waals surface area contributed by atoms with E-state index in [1.807, 2.05) is 10.7 Å². The van der Waals surface area contributed by atoms with Crippen LogP contribution in [0.25, 0.3) is 10.9 Å². The Balaban J connectivity index is 1.54. The number of rotatable bonds is 7. The summed E-state index contributed by atoms with van der Waals surface area (Å²) in [5.41, 5.74) is 1.12. The molecule has 2 aliphatic heterocycles. The Morgan fingerprint density at radius 2 is 2.03 bits per heavy atom. The van der Waals surface area contributed by atoms with E-state index in [0.29, 0.717) is 23.2 Å². The highest BCUT2D eigenvalue weighted by Crippen LogP contribution is 2.32. The number of hydrogen-bond donors (Lipinski definition) is 2. The second-order valence-corrected chi connectivity index (χ2v) is 8.80. The standard InChI is InChI=1S/C23H34N4O3/c1-4-6-10-26-17-11-16(12-18(26)14-30-13-17)24-23(29)22-21-19(8-7-9-20(21)28)27(25-22)15(3)5-2/h7-9,15-18,28H,4-6,10-14H2,1-3H3,(H,24,29)/t15?,16?,17-,18+. The topological polar surface area (TPSA) is 79.6 Å². The van der Waals surface area contributed by atoms with Crippen LogP contribution < -0.4 is 5.32 Å². The predicted molar refractivity (Wildman–Crippen MR) is 117 cm³/mol. The Morgan fingerprint density at radius 1 is 1.30 bits per heavy atom. The number of amides is 1. The Kier molecular flexibility index (Phi) is 6.29. The van der Waals surface area contributed by atoms with Gasteiger partial charge in [0.25, 0.3) is 5.91 Å². The van der Waals surface area contributed by atoms with Gasteiger partial charge in [-0.1, -0.05) is 26.3 Å². The second kappa shape index (κ2) is 8.94. The number of carbonyl (C=O) groups is 1. The lowest BCUT2D eigenvalue weighted by Crippen LogP contribution is -2.60. The van der Waals surface area contributed by atoms with Crippen LogP contribution in [-0.4, -0.2) is 63.6 Å². The number of nitrogens with one attached hydrogen (secondary N) is 1. The minimum absolute atomic E-state index is 0.101. The summed E-state index contributed by atoms with van der Waals surface area (Å²) in [7, 11) is 0. The number of carbonyl (C=O) groups excluding carboxylic acids is 1. The maximum Gasteiger partial charge on any atom is 0.272 e. The number of nitrogens with zero attached hydrogens (tertiary/aromatic N) is 3. The highest BCUT2D eigenvalue weighted by molar-refractivity contribution is 6.07. The molecule has 2 aromatic rings. The van der Waals surface area contributed by atoms with Gasteiger partial charge in [0, 0.05) is 24.2 Å². The number of benzene rings is 1. The van der Waals surface area contributed by atoms with Gasteiger partial charge in [-0.05, 0) is 51.3 Å². The normalized spacial score (nSPS) is 25.4. The Morgan fingerprint density at radius 3 is 2.70 bits per heavy atom. The lowest BCUT2D eigenvalue weighted by molar-refractivity contribution is -0.0802. The van der Waals surface area contributed by atoms with Crippen molar-refractivity contribution >= 4 is 16.8 Å². The van der Waals surface area contributed by atoms with Crippen LogP contribution in [0.4, 0.5) is 0 Å². The van der Waals surface area contributed by atoms with E-state index in [-0.39, 0.29) is 23.7 Å². The predicted octanol–water partition coefficient (Wildman–Crippen LogP) is 3.47. The van der Waals surface area contributed by atoms with Gasteiger partial charge in [-0.25, -0.2) is 0 Å². The average molecular weight is 415 g/mol. The summed E-state index contributed by atoms with van der Waals surface area (Å²) < 4.78 is 7.66. The van der Waals surface area contributed by atoms with Crippen LogP contribution in [-0.2, 0) is 4.74 Å². The fraction of sp³-hybridized carbons (Fsp3) is 0.652. The third-order valence-electron chi connectivity index (χ3n) is 6.71. The van der Waals surface area contributed by atoms with Gasteiger partial charge in [0.1, 0.15) is 5.75 Å². The molecule has 2 N–H and O–H groups in total. The molecule has 7 heteroatoms. The van der Waals surface area contributed by atoms with Crippen molar-refractivity contribution in [3.05, 3.63) is 23.9 Å². The van der Waals surface area contributed by atoms with Gasteiger partial charge in [-0.15, -0.1) is 0 Å². The smallest absolute Gasteiger partial charge is 0.272 e. The molecule has 0 radical (unpaired) electrons. The number of aromatic hydroxyl groups is 1. The third-order valence-corrected chi connectivity index (χ3v) is 6.71. The van der Waals surface area contributed by atoms with Crippen LogP contribution in [0.2, 0.25) is 0 Å². The van der Waals surface area contributed by atoms with E-state index in [1.165, 1.54) is 12.8 Å². The van der Waals surface area contributed by atoms with E-state index < -0.39 is 0 Å². The third kappa shape index (κ3) is 3.93. The summed E-state index contributed by atoms with van der Waals surface area (Å²) in [6.07, 6.45) is 5.06. The van der Waals surface area contributed by atoms with Crippen molar-refractivity contribution in [3.63, 3.8) is 0 Å². The quantitative estimate of drug-likeness (QED) is 0.725. The molecule has 4 atom stereocenters. The lowest BCUT2D eigenvalue weighted by Gasteiger charge is -2.48. The van der Waals surface area contributed by atoms with Crippen molar-refractivity contribution < 1.29 is 14.6 Å². The summed E-state index contributed by atoms with van der Waals surface area (Å²) in [5, 5.41) is 18.9. The number of morpholine rings is 1. The molecular formula is C23H34N4O3. The summed E-state index contributed by atoms with van der Waals surface area (Å²) in [6, 6.07) is 6.30. The summed E-state index contributed by atoms with van der Waals surface area (Å²) in [4.78, 5) is 15.8. The number of unbranched alkanes of at least 4 members (excludes halogenated alkanes) is 1. The zero-order valence-electron chi connectivity index (χ0n) is 18.3. The first kappa shape index (κ1) is 21.1. The van der Waals surface area contributed by atoms with E-state index >= 15 is 0 Å². The van der Waals surface area contributed by atoms with Crippen molar-refractivity contribution in [1.29, 1.82) is 0 Å². The molecule has 1 amide bonds. The van der Waals surface area contributed by atoms with Crippen molar-refractivity contribution in [2.45, 2.75) is 77.0 Å². The summed E-state index contributed by atoms with van der Waals surface area (Å²) >= 11 is 0.